The van der Waals surface area contributed by atoms with Gasteiger partial charge in [0.25, 0.3) is 0 Å². The van der Waals surface area contributed by atoms with Crippen LogP contribution in [0.4, 0.5) is 0 Å². The normalized spacial score (nSPS) is 36.2. The van der Waals surface area contributed by atoms with Gasteiger partial charge in [0, 0.05) is 38.7 Å². The van der Waals surface area contributed by atoms with Gasteiger partial charge in [-0.05, 0) is 67.4 Å². The van der Waals surface area contributed by atoms with Crippen LogP contribution in [0.1, 0.15) is 108 Å². The SMILES string of the molecule is CC(=O)O[C@@H]1[C@@H](C)[C@@H]2OC(CCO[Si](C)(C)C(C)(C)C)C(O[Si](C)(C)C(C)(C)C)C[C@@H]2O[C@H]1CC1OC(CCC=O)C[C@@H](C)[C@@H]1C. The van der Waals surface area contributed by atoms with Crippen molar-refractivity contribution < 1.29 is 37.4 Å². The Morgan fingerprint density at radius 2 is 1.46 bits per heavy atom. The Bertz CT molecular complexity index is 1000. The van der Waals surface area contributed by atoms with E-state index >= 15 is 0 Å². The molecule has 3 saturated heterocycles. The van der Waals surface area contributed by atoms with E-state index in [-0.39, 0.29) is 64.7 Å². The van der Waals surface area contributed by atoms with E-state index in [1.165, 1.54) is 6.92 Å². The first-order valence-electron chi connectivity index (χ1n) is 18.0. The summed E-state index contributed by atoms with van der Waals surface area (Å²) in [6.45, 7) is 31.5. The highest BCUT2D eigenvalue weighted by molar-refractivity contribution is 6.74. The second kappa shape index (κ2) is 15.5. The monoisotopic (exact) mass is 684 g/mol. The van der Waals surface area contributed by atoms with Gasteiger partial charge in [0.2, 0.25) is 0 Å². The lowest BCUT2D eigenvalue weighted by molar-refractivity contribution is -0.273. The summed E-state index contributed by atoms with van der Waals surface area (Å²) in [6.07, 6.45) is 3.87. The quantitative estimate of drug-likeness (QED) is 0.116. The molecule has 0 N–H and O–H groups in total. The van der Waals surface area contributed by atoms with Crippen molar-refractivity contribution in [2.45, 2.75) is 193 Å². The number of hydrogen-bond acceptors (Lipinski definition) is 8. The van der Waals surface area contributed by atoms with Crippen LogP contribution in [-0.4, -0.2) is 84.3 Å². The largest absolute Gasteiger partial charge is 0.459 e. The highest BCUT2D eigenvalue weighted by Gasteiger charge is 2.53. The van der Waals surface area contributed by atoms with Crippen molar-refractivity contribution in [1.82, 2.24) is 0 Å². The van der Waals surface area contributed by atoms with Gasteiger partial charge in [-0.15, -0.1) is 0 Å². The fraction of sp³-hybridized carbons (Fsp3) is 0.944. The van der Waals surface area contributed by atoms with Crippen LogP contribution in [0, 0.1) is 17.8 Å². The second-order valence-corrected chi connectivity index (χ2v) is 27.2. The third kappa shape index (κ3) is 9.75. The molecule has 11 atom stereocenters. The summed E-state index contributed by atoms with van der Waals surface area (Å²) in [4.78, 5) is 23.5. The van der Waals surface area contributed by atoms with Gasteiger partial charge in [-0.25, -0.2) is 0 Å². The smallest absolute Gasteiger partial charge is 0.303 e. The fourth-order valence-corrected chi connectivity index (χ4v) is 9.24. The molecule has 0 aromatic rings. The van der Waals surface area contributed by atoms with Gasteiger partial charge in [0.15, 0.2) is 16.6 Å². The zero-order valence-electron chi connectivity index (χ0n) is 31.6. The van der Waals surface area contributed by atoms with Crippen LogP contribution >= 0.6 is 0 Å². The maximum absolute atomic E-state index is 12.4. The summed E-state index contributed by atoms with van der Waals surface area (Å²) in [5, 5.41) is 0.188. The zero-order valence-corrected chi connectivity index (χ0v) is 33.6. The molecule has 4 unspecified atom stereocenters. The number of carbonyl (C=O) groups excluding carboxylic acids is 2. The number of carbonyl (C=O) groups is 2. The standard InChI is InChI=1S/C36H68O8Si2/c1-23-20-27(16-15-18-37)41-29(24(23)2)21-31-33(40-26(4)38)25(3)34-32(42-31)22-30(44-46(13,14)36(8,9)10)28(43-34)17-19-39-45(11,12)35(5,6)7/h18,23-25,27-34H,15-17,19-22H2,1-14H3/t23-,24+,25-,27?,28?,29?,30?,31+,32+,33-,34+/m1/s1. The molecular formula is C36H68O8Si2. The Morgan fingerprint density at radius 1 is 0.826 bits per heavy atom. The summed E-state index contributed by atoms with van der Waals surface area (Å²) in [5.41, 5.74) is 0. The van der Waals surface area contributed by atoms with Gasteiger partial charge in [0.1, 0.15) is 12.4 Å². The van der Waals surface area contributed by atoms with E-state index in [1.807, 2.05) is 0 Å². The number of fused-ring (bicyclic) bond motifs is 1. The van der Waals surface area contributed by atoms with Crippen molar-refractivity contribution in [2.24, 2.45) is 17.8 Å². The molecule has 0 radical (unpaired) electrons. The fourth-order valence-electron chi connectivity index (χ4n) is 6.82. The minimum Gasteiger partial charge on any atom is -0.459 e. The molecule has 10 heteroatoms. The van der Waals surface area contributed by atoms with Crippen LogP contribution in [0.3, 0.4) is 0 Å². The Kier molecular flexibility index (Phi) is 13.4. The summed E-state index contributed by atoms with van der Waals surface area (Å²) in [5.74, 6) is 0.413. The molecule has 46 heavy (non-hydrogen) atoms. The first-order chi connectivity index (χ1) is 21.1. The molecule has 8 nitrogen and oxygen atoms in total. The van der Waals surface area contributed by atoms with Crippen LogP contribution in [-0.2, 0) is 37.4 Å². The molecule has 3 heterocycles. The van der Waals surface area contributed by atoms with Gasteiger partial charge in [-0.2, -0.15) is 0 Å². The van der Waals surface area contributed by atoms with E-state index in [2.05, 4.69) is 88.5 Å². The Balaban J connectivity index is 1.86. The molecule has 3 rings (SSSR count). The van der Waals surface area contributed by atoms with E-state index in [1.54, 1.807) is 0 Å². The van der Waals surface area contributed by atoms with Crippen molar-refractivity contribution in [3.63, 3.8) is 0 Å². The summed E-state index contributed by atoms with van der Waals surface area (Å²) in [6, 6.07) is 0. The lowest BCUT2D eigenvalue weighted by atomic mass is 9.77. The summed E-state index contributed by atoms with van der Waals surface area (Å²) < 4.78 is 40.2. The predicted molar refractivity (Wildman–Crippen MR) is 188 cm³/mol. The van der Waals surface area contributed by atoms with Crippen molar-refractivity contribution in [2.75, 3.05) is 6.61 Å². The minimum absolute atomic E-state index is 0.0452. The van der Waals surface area contributed by atoms with Gasteiger partial charge < -0.3 is 32.6 Å². The highest BCUT2D eigenvalue weighted by Crippen LogP contribution is 2.45. The zero-order chi connectivity index (χ0) is 34.8. The molecule has 0 aromatic carbocycles. The predicted octanol–water partition coefficient (Wildman–Crippen LogP) is 8.08. The second-order valence-electron chi connectivity index (χ2n) is 17.7. The summed E-state index contributed by atoms with van der Waals surface area (Å²) >= 11 is 0. The minimum atomic E-state index is -2.12. The molecule has 0 aromatic heterocycles. The van der Waals surface area contributed by atoms with Crippen LogP contribution in [0.25, 0.3) is 0 Å². The first-order valence-corrected chi connectivity index (χ1v) is 23.8. The van der Waals surface area contributed by atoms with E-state index < -0.39 is 22.7 Å². The van der Waals surface area contributed by atoms with Crippen LogP contribution in [0.5, 0.6) is 0 Å². The van der Waals surface area contributed by atoms with Gasteiger partial charge in [0.05, 0.1) is 42.7 Å². The maximum atomic E-state index is 12.4. The van der Waals surface area contributed by atoms with E-state index in [0.29, 0.717) is 31.3 Å². The Labute approximate surface area is 283 Å². The first kappa shape index (κ1) is 39.8. The van der Waals surface area contributed by atoms with Gasteiger partial charge in [-0.1, -0.05) is 62.3 Å². The molecule has 0 bridgehead atoms. The number of esters is 1. The number of aldehydes is 1. The lowest BCUT2D eigenvalue weighted by Gasteiger charge is -2.53. The van der Waals surface area contributed by atoms with Crippen LogP contribution in [0.2, 0.25) is 36.3 Å². The number of rotatable bonds is 12. The third-order valence-electron chi connectivity index (χ3n) is 12.1. The molecule has 268 valence electrons. The molecule has 3 aliphatic heterocycles. The lowest BCUT2D eigenvalue weighted by Crippen LogP contribution is -2.63. The third-order valence-corrected chi connectivity index (χ3v) is 21.2. The van der Waals surface area contributed by atoms with Crippen LogP contribution in [0.15, 0.2) is 0 Å². The van der Waals surface area contributed by atoms with Crippen molar-refractivity contribution in [3.05, 3.63) is 0 Å². The molecule has 0 amide bonds. The van der Waals surface area contributed by atoms with Gasteiger partial charge in [-0.3, -0.25) is 4.79 Å². The van der Waals surface area contributed by atoms with E-state index in [0.717, 1.165) is 32.0 Å². The Morgan fingerprint density at radius 3 is 2.02 bits per heavy atom. The highest BCUT2D eigenvalue weighted by atomic mass is 28.4. The topological polar surface area (TPSA) is 89.5 Å². The van der Waals surface area contributed by atoms with E-state index in [4.69, 9.17) is 27.8 Å². The molecule has 0 saturated carbocycles. The maximum Gasteiger partial charge on any atom is 0.303 e. The summed E-state index contributed by atoms with van der Waals surface area (Å²) in [7, 11) is -4.04. The van der Waals surface area contributed by atoms with Crippen molar-refractivity contribution >= 4 is 28.9 Å². The molecule has 0 spiro atoms. The number of hydrogen-bond donors (Lipinski definition) is 0. The molecule has 0 aliphatic carbocycles. The van der Waals surface area contributed by atoms with Gasteiger partial charge >= 0.3 is 5.97 Å². The Hall–Kier alpha value is -0.626. The molecule has 3 fully saturated rings. The van der Waals surface area contributed by atoms with E-state index in [9.17, 15) is 9.59 Å². The average Bonchev–Trinajstić information content (AvgIpc) is 2.91. The van der Waals surface area contributed by atoms with Crippen LogP contribution < -0.4 is 0 Å². The van der Waals surface area contributed by atoms with Crippen molar-refractivity contribution in [1.29, 1.82) is 0 Å². The molecular weight excluding hydrogens is 617 g/mol. The average molecular weight is 685 g/mol. The number of ether oxygens (including phenoxy) is 4. The van der Waals surface area contributed by atoms with Crippen molar-refractivity contribution in [3.8, 4) is 0 Å². The molecule has 3 aliphatic rings.